The highest BCUT2D eigenvalue weighted by Gasteiger charge is 2.66. The minimum absolute atomic E-state index is 0.00900. The molecule has 0 aromatic rings. The first-order valence-corrected chi connectivity index (χ1v) is 17.7. The Balaban J connectivity index is 2.81. The smallest absolute Gasteiger partial charge is 0.408 e. The highest BCUT2D eigenvalue weighted by Crippen LogP contribution is 2.56. The molecule has 0 aliphatic carbocycles. The van der Waals surface area contributed by atoms with Gasteiger partial charge in [0.1, 0.15) is 18.2 Å². The average molecular weight is 617 g/mol. The summed E-state index contributed by atoms with van der Waals surface area (Å²) in [7, 11) is -6.06. The van der Waals surface area contributed by atoms with Gasteiger partial charge in [0.2, 0.25) is 14.6 Å². The van der Waals surface area contributed by atoms with Gasteiger partial charge < -0.3 is 23.3 Å². The van der Waals surface area contributed by atoms with Crippen molar-refractivity contribution in [3.05, 3.63) is 10.1 Å². The number of alkyl halides is 3. The first-order valence-electron chi connectivity index (χ1n) is 13.8. The van der Waals surface area contributed by atoms with Crippen molar-refractivity contribution in [1.82, 2.24) is 5.32 Å². The Bertz CT molecular complexity index is 885. The number of nitrogens with zero attached hydrogens (tertiary/aromatic N) is 1. The van der Waals surface area contributed by atoms with Crippen LogP contribution in [0.4, 0.5) is 13.2 Å². The Morgan fingerprint density at radius 2 is 1.48 bits per heavy atom. The van der Waals surface area contributed by atoms with Crippen LogP contribution in [0.2, 0.25) is 26.7 Å². The summed E-state index contributed by atoms with van der Waals surface area (Å²) in [6.07, 6.45) is -10.3. The van der Waals surface area contributed by atoms with Gasteiger partial charge in [0.25, 0.3) is 5.09 Å². The maximum absolute atomic E-state index is 13.5. The van der Waals surface area contributed by atoms with Crippen LogP contribution >= 0.6 is 0 Å². The number of rotatable bonds is 8. The van der Waals surface area contributed by atoms with Gasteiger partial charge in [-0.15, -0.1) is 10.1 Å². The average Bonchev–Trinajstić information content (AvgIpc) is 2.75. The molecule has 0 saturated carbocycles. The van der Waals surface area contributed by atoms with E-state index in [-0.39, 0.29) is 23.2 Å². The quantitative estimate of drug-likeness (QED) is 0.201. The standard InChI is InChI=1S/C25H47F3N2O8Si2/c1-14(2)39(15(3)4,16(5)6)37-20-18(29-22(31)25(26,27)28)21(36-30(32)33)35-17-13-34-40(23(7,8)9,24(10,11)12)38-19(17)20/h14-21H,13H2,1-12H3,(H,29,31)/t17-,18-,19-,20-,21+/m1/s1. The molecule has 10 nitrogen and oxygen atoms in total. The maximum Gasteiger partial charge on any atom is 0.471 e. The Kier molecular flexibility index (Phi) is 10.3. The van der Waals surface area contributed by atoms with E-state index in [1.165, 1.54) is 0 Å². The summed E-state index contributed by atoms with van der Waals surface area (Å²) >= 11 is 0. The number of hydrogen-bond donors (Lipinski definition) is 1. The Hall–Kier alpha value is -1.27. The van der Waals surface area contributed by atoms with E-state index in [1.54, 1.807) is 0 Å². The maximum atomic E-state index is 13.5. The topological polar surface area (TPSA) is 118 Å². The molecule has 15 heteroatoms. The first kappa shape index (κ1) is 34.9. The zero-order valence-electron chi connectivity index (χ0n) is 25.7. The molecule has 0 bridgehead atoms. The van der Waals surface area contributed by atoms with Gasteiger partial charge in [0, 0.05) is 10.1 Å². The molecule has 1 N–H and O–H groups in total. The molecule has 2 aliphatic rings. The predicted octanol–water partition coefficient (Wildman–Crippen LogP) is 5.99. The predicted molar refractivity (Wildman–Crippen MR) is 147 cm³/mol. The number of halogens is 3. The van der Waals surface area contributed by atoms with Gasteiger partial charge in [-0.25, -0.2) is 0 Å². The molecule has 0 unspecified atom stereocenters. The number of carbonyl (C=O) groups excluding carboxylic acids is 1. The molecule has 2 saturated heterocycles. The second-order valence-electron chi connectivity index (χ2n) is 13.8. The fourth-order valence-electron chi connectivity index (χ4n) is 6.86. The van der Waals surface area contributed by atoms with Crippen molar-refractivity contribution in [2.45, 2.75) is 147 Å². The fourth-order valence-corrected chi connectivity index (χ4v) is 17.4. The molecule has 2 rings (SSSR count). The lowest BCUT2D eigenvalue weighted by Gasteiger charge is -2.59. The van der Waals surface area contributed by atoms with Crippen molar-refractivity contribution in [3.8, 4) is 0 Å². The first-order chi connectivity index (χ1) is 17.9. The van der Waals surface area contributed by atoms with E-state index < -0.39 is 74.8 Å². The van der Waals surface area contributed by atoms with Gasteiger partial charge in [0.15, 0.2) is 0 Å². The van der Waals surface area contributed by atoms with Crippen LogP contribution in [-0.2, 0) is 27.6 Å². The number of ether oxygens (including phenoxy) is 1. The van der Waals surface area contributed by atoms with Gasteiger partial charge in [-0.05, 0) is 16.6 Å². The van der Waals surface area contributed by atoms with E-state index in [0.29, 0.717) is 0 Å². The number of carbonyl (C=O) groups is 1. The zero-order chi connectivity index (χ0) is 31.2. The highest BCUT2D eigenvalue weighted by molar-refractivity contribution is 6.77. The zero-order valence-corrected chi connectivity index (χ0v) is 27.7. The van der Waals surface area contributed by atoms with Crippen LogP contribution in [0.1, 0.15) is 83.1 Å². The summed E-state index contributed by atoms with van der Waals surface area (Å²) < 4.78 is 66.7. The molecule has 2 fully saturated rings. The minimum atomic E-state index is -5.25. The van der Waals surface area contributed by atoms with E-state index in [1.807, 2.05) is 88.4 Å². The van der Waals surface area contributed by atoms with Crippen molar-refractivity contribution in [2.24, 2.45) is 0 Å². The largest absolute Gasteiger partial charge is 0.471 e. The minimum Gasteiger partial charge on any atom is -0.408 e. The number of fused-ring (bicyclic) bond motifs is 1. The molecule has 0 aromatic heterocycles. The van der Waals surface area contributed by atoms with Crippen LogP contribution in [0.25, 0.3) is 0 Å². The summed E-state index contributed by atoms with van der Waals surface area (Å²) in [5, 5.41) is 11.2. The van der Waals surface area contributed by atoms with Gasteiger partial charge in [-0.2, -0.15) is 13.2 Å². The normalized spacial score (nSPS) is 28.0. The molecule has 0 radical (unpaired) electrons. The summed E-state index contributed by atoms with van der Waals surface area (Å²) in [5.41, 5.74) is 0.0270. The fraction of sp³-hybridized carbons (Fsp3) is 0.960. The summed E-state index contributed by atoms with van der Waals surface area (Å²) in [4.78, 5) is 28.4. The number of amides is 1. The van der Waals surface area contributed by atoms with Gasteiger partial charge in [-0.1, -0.05) is 83.1 Å². The van der Waals surface area contributed by atoms with E-state index >= 15 is 0 Å². The van der Waals surface area contributed by atoms with Crippen molar-refractivity contribution < 1.29 is 45.9 Å². The lowest BCUT2D eigenvalue weighted by Crippen LogP contribution is -2.75. The summed E-state index contributed by atoms with van der Waals surface area (Å²) in [6, 6.07) is -1.69. The van der Waals surface area contributed by atoms with Crippen molar-refractivity contribution in [2.75, 3.05) is 6.61 Å². The van der Waals surface area contributed by atoms with Crippen LogP contribution in [0.5, 0.6) is 0 Å². The second-order valence-corrected chi connectivity index (χ2v) is 23.9. The van der Waals surface area contributed by atoms with Crippen molar-refractivity contribution in [1.29, 1.82) is 0 Å². The number of nitrogens with one attached hydrogen (secondary N) is 1. The Morgan fingerprint density at radius 3 is 1.85 bits per heavy atom. The Labute approximate surface area is 237 Å². The van der Waals surface area contributed by atoms with Gasteiger partial charge in [-0.3, -0.25) is 9.63 Å². The van der Waals surface area contributed by atoms with Gasteiger partial charge in [0.05, 0.1) is 12.7 Å². The van der Waals surface area contributed by atoms with E-state index in [0.717, 1.165) is 0 Å². The van der Waals surface area contributed by atoms with Gasteiger partial charge >= 0.3 is 20.6 Å². The molecular weight excluding hydrogens is 569 g/mol. The van der Waals surface area contributed by atoms with E-state index in [2.05, 4.69) is 0 Å². The van der Waals surface area contributed by atoms with E-state index in [4.69, 9.17) is 22.9 Å². The third-order valence-electron chi connectivity index (χ3n) is 8.17. The van der Waals surface area contributed by atoms with Crippen LogP contribution in [0, 0.1) is 10.1 Å². The SMILES string of the molecule is CC(C)[Si](O[C@@H]1[C@@H](NC(=O)C(F)(F)F)[C@H](O[N+](=O)[O-])O[C@@H]2CO[Si](C(C)(C)C)(C(C)(C)C)O[C@@H]12)(C(C)C)C(C)C. The monoisotopic (exact) mass is 616 g/mol. The molecular formula is C25H47F3N2O8Si2. The molecule has 5 atom stereocenters. The molecule has 234 valence electrons. The molecule has 0 aromatic carbocycles. The summed E-state index contributed by atoms with van der Waals surface area (Å²) in [5.74, 6) is -2.28. The molecule has 40 heavy (non-hydrogen) atoms. The third kappa shape index (κ3) is 6.53. The van der Waals surface area contributed by atoms with Crippen molar-refractivity contribution >= 4 is 22.8 Å². The van der Waals surface area contributed by atoms with Crippen LogP contribution in [0.3, 0.4) is 0 Å². The lowest BCUT2D eigenvalue weighted by molar-refractivity contribution is -0.784. The Morgan fingerprint density at radius 1 is 1.00 bits per heavy atom. The highest BCUT2D eigenvalue weighted by atomic mass is 28.4. The third-order valence-corrected chi connectivity index (χ3v) is 19.4. The number of hydrogen-bond acceptors (Lipinski definition) is 8. The van der Waals surface area contributed by atoms with E-state index in [9.17, 15) is 28.1 Å². The van der Waals surface area contributed by atoms with Crippen LogP contribution < -0.4 is 5.32 Å². The molecule has 0 spiro atoms. The summed E-state index contributed by atoms with van der Waals surface area (Å²) in [6.45, 7) is 23.9. The molecule has 2 heterocycles. The van der Waals surface area contributed by atoms with Crippen LogP contribution in [0.15, 0.2) is 0 Å². The molecule has 2 aliphatic heterocycles. The van der Waals surface area contributed by atoms with Crippen molar-refractivity contribution in [3.63, 3.8) is 0 Å². The van der Waals surface area contributed by atoms with Crippen LogP contribution in [-0.4, -0.2) is 71.3 Å². The molecule has 1 amide bonds. The lowest BCUT2D eigenvalue weighted by atomic mass is 9.97. The second kappa shape index (κ2) is 11.8.